The Morgan fingerprint density at radius 2 is 2.28 bits per heavy atom. The lowest BCUT2D eigenvalue weighted by molar-refractivity contribution is -0.136. The Labute approximate surface area is 107 Å². The number of hydrogen-bond donors (Lipinski definition) is 0. The first-order valence-corrected chi connectivity index (χ1v) is 6.08. The molecule has 1 aromatic heterocycles. The van der Waals surface area contributed by atoms with Gasteiger partial charge in [0.2, 0.25) is 5.91 Å². The standard InChI is InChI=1S/C13H19N3O2/c1-10(17)16-6-7-18-13(9-16)12-5-4-11(8-14-12)15(2)3/h4-5,8,13H,6-7,9H2,1-3H3/t13-/m0/s1. The van der Waals surface area contributed by atoms with E-state index in [1.54, 1.807) is 11.8 Å². The molecule has 1 atom stereocenters. The van der Waals surface area contributed by atoms with E-state index >= 15 is 0 Å². The van der Waals surface area contributed by atoms with Gasteiger partial charge in [-0.15, -0.1) is 0 Å². The Bertz CT molecular complexity index is 417. The molecule has 1 aliphatic heterocycles. The van der Waals surface area contributed by atoms with Gasteiger partial charge in [0.15, 0.2) is 0 Å². The zero-order valence-electron chi connectivity index (χ0n) is 11.1. The first-order valence-electron chi connectivity index (χ1n) is 6.08. The van der Waals surface area contributed by atoms with E-state index in [1.807, 2.05) is 37.3 Å². The second-order valence-corrected chi connectivity index (χ2v) is 4.66. The summed E-state index contributed by atoms with van der Waals surface area (Å²) in [6, 6.07) is 3.97. The van der Waals surface area contributed by atoms with Gasteiger partial charge in [0.1, 0.15) is 6.10 Å². The number of amides is 1. The highest BCUT2D eigenvalue weighted by molar-refractivity contribution is 5.73. The van der Waals surface area contributed by atoms with E-state index in [2.05, 4.69) is 4.98 Å². The van der Waals surface area contributed by atoms with Crippen LogP contribution in [0.4, 0.5) is 5.69 Å². The molecule has 0 radical (unpaired) electrons. The SMILES string of the molecule is CC(=O)N1CCO[C@H](c2ccc(N(C)C)cn2)C1. The van der Waals surface area contributed by atoms with Crippen LogP contribution in [0.5, 0.6) is 0 Å². The molecule has 98 valence electrons. The normalized spacial score (nSPS) is 19.7. The summed E-state index contributed by atoms with van der Waals surface area (Å²) < 4.78 is 5.67. The lowest BCUT2D eigenvalue weighted by atomic mass is 10.2. The Kier molecular flexibility index (Phi) is 3.81. The third-order valence-corrected chi connectivity index (χ3v) is 3.13. The Balaban J connectivity index is 2.09. The maximum absolute atomic E-state index is 11.4. The molecule has 5 nitrogen and oxygen atoms in total. The second kappa shape index (κ2) is 5.35. The zero-order chi connectivity index (χ0) is 13.1. The van der Waals surface area contributed by atoms with E-state index < -0.39 is 0 Å². The molecule has 18 heavy (non-hydrogen) atoms. The van der Waals surface area contributed by atoms with Gasteiger partial charge in [-0.05, 0) is 12.1 Å². The number of anilines is 1. The molecule has 0 bridgehead atoms. The fourth-order valence-electron chi connectivity index (χ4n) is 1.97. The van der Waals surface area contributed by atoms with E-state index in [4.69, 9.17) is 4.74 Å². The Morgan fingerprint density at radius 3 is 2.83 bits per heavy atom. The van der Waals surface area contributed by atoms with Crippen LogP contribution >= 0.6 is 0 Å². The fraction of sp³-hybridized carbons (Fsp3) is 0.538. The molecule has 1 saturated heterocycles. The van der Waals surface area contributed by atoms with Crippen molar-refractivity contribution in [2.75, 3.05) is 38.7 Å². The van der Waals surface area contributed by atoms with Gasteiger partial charge in [0.25, 0.3) is 0 Å². The van der Waals surface area contributed by atoms with Crippen LogP contribution in [0.1, 0.15) is 18.7 Å². The van der Waals surface area contributed by atoms with Crippen LogP contribution < -0.4 is 4.90 Å². The summed E-state index contributed by atoms with van der Waals surface area (Å²) in [5.74, 6) is 0.0909. The van der Waals surface area contributed by atoms with Gasteiger partial charge in [0.05, 0.1) is 30.7 Å². The van der Waals surface area contributed by atoms with Crippen molar-refractivity contribution in [3.8, 4) is 0 Å². The summed E-state index contributed by atoms with van der Waals surface area (Å²) in [6.45, 7) is 3.41. The maximum Gasteiger partial charge on any atom is 0.219 e. The van der Waals surface area contributed by atoms with Crippen LogP contribution in [-0.2, 0) is 9.53 Å². The average Bonchev–Trinajstić information content (AvgIpc) is 2.39. The predicted octanol–water partition coefficient (Wildman–Crippen LogP) is 1.07. The van der Waals surface area contributed by atoms with Crippen molar-refractivity contribution in [1.82, 2.24) is 9.88 Å². The number of aromatic nitrogens is 1. The van der Waals surface area contributed by atoms with Crippen molar-refractivity contribution in [2.45, 2.75) is 13.0 Å². The summed E-state index contributed by atoms with van der Waals surface area (Å²) in [5.41, 5.74) is 1.93. The van der Waals surface area contributed by atoms with Crippen LogP contribution in [-0.4, -0.2) is 49.6 Å². The molecule has 1 fully saturated rings. The van der Waals surface area contributed by atoms with Gasteiger partial charge < -0.3 is 14.5 Å². The molecular formula is C13H19N3O2. The first kappa shape index (κ1) is 12.8. The minimum absolute atomic E-state index is 0.0909. The monoisotopic (exact) mass is 249 g/mol. The number of carbonyl (C=O) groups excluding carboxylic acids is 1. The minimum atomic E-state index is -0.112. The smallest absolute Gasteiger partial charge is 0.219 e. The van der Waals surface area contributed by atoms with E-state index in [-0.39, 0.29) is 12.0 Å². The van der Waals surface area contributed by atoms with Crippen molar-refractivity contribution < 1.29 is 9.53 Å². The second-order valence-electron chi connectivity index (χ2n) is 4.66. The lowest BCUT2D eigenvalue weighted by Gasteiger charge is -2.32. The molecule has 0 saturated carbocycles. The topological polar surface area (TPSA) is 45.7 Å². The number of ether oxygens (including phenoxy) is 1. The first-order chi connectivity index (χ1) is 8.58. The van der Waals surface area contributed by atoms with Crippen molar-refractivity contribution in [1.29, 1.82) is 0 Å². The highest BCUT2D eigenvalue weighted by atomic mass is 16.5. The highest BCUT2D eigenvalue weighted by Gasteiger charge is 2.24. The Hall–Kier alpha value is -1.62. The summed E-state index contributed by atoms with van der Waals surface area (Å²) in [4.78, 5) is 19.6. The van der Waals surface area contributed by atoms with Gasteiger partial charge in [-0.1, -0.05) is 0 Å². The lowest BCUT2D eigenvalue weighted by Crippen LogP contribution is -2.41. The summed E-state index contributed by atoms with van der Waals surface area (Å²) in [7, 11) is 3.95. The van der Waals surface area contributed by atoms with Crippen molar-refractivity contribution in [3.05, 3.63) is 24.0 Å². The van der Waals surface area contributed by atoms with Crippen LogP contribution in [0.25, 0.3) is 0 Å². The van der Waals surface area contributed by atoms with Gasteiger partial charge in [-0.25, -0.2) is 0 Å². The molecule has 5 heteroatoms. The summed E-state index contributed by atoms with van der Waals surface area (Å²) >= 11 is 0. The Morgan fingerprint density at radius 1 is 1.50 bits per heavy atom. The number of morpholine rings is 1. The van der Waals surface area contributed by atoms with E-state index in [0.29, 0.717) is 19.7 Å². The zero-order valence-corrected chi connectivity index (χ0v) is 11.1. The number of pyridine rings is 1. The van der Waals surface area contributed by atoms with E-state index in [9.17, 15) is 4.79 Å². The molecule has 0 N–H and O–H groups in total. The molecule has 0 unspecified atom stereocenters. The number of carbonyl (C=O) groups is 1. The fourth-order valence-corrected chi connectivity index (χ4v) is 1.97. The molecule has 1 aliphatic rings. The molecule has 0 aromatic carbocycles. The average molecular weight is 249 g/mol. The van der Waals surface area contributed by atoms with Crippen LogP contribution in [0.3, 0.4) is 0 Å². The predicted molar refractivity (Wildman–Crippen MR) is 69.5 cm³/mol. The van der Waals surface area contributed by atoms with E-state index in [1.165, 1.54) is 0 Å². The van der Waals surface area contributed by atoms with Gasteiger partial charge in [0, 0.05) is 27.6 Å². The number of nitrogens with zero attached hydrogens (tertiary/aromatic N) is 3. The summed E-state index contributed by atoms with van der Waals surface area (Å²) in [6.07, 6.45) is 1.71. The molecule has 0 spiro atoms. The van der Waals surface area contributed by atoms with Gasteiger partial charge in [-0.3, -0.25) is 9.78 Å². The molecule has 2 rings (SSSR count). The van der Waals surface area contributed by atoms with Gasteiger partial charge in [-0.2, -0.15) is 0 Å². The maximum atomic E-state index is 11.4. The molecule has 2 heterocycles. The third-order valence-electron chi connectivity index (χ3n) is 3.13. The number of hydrogen-bond acceptors (Lipinski definition) is 4. The molecular weight excluding hydrogens is 230 g/mol. The van der Waals surface area contributed by atoms with Crippen molar-refractivity contribution in [3.63, 3.8) is 0 Å². The van der Waals surface area contributed by atoms with Gasteiger partial charge >= 0.3 is 0 Å². The minimum Gasteiger partial charge on any atom is -0.376 e. The quantitative estimate of drug-likeness (QED) is 0.786. The highest BCUT2D eigenvalue weighted by Crippen LogP contribution is 2.22. The largest absolute Gasteiger partial charge is 0.376 e. The van der Waals surface area contributed by atoms with Crippen molar-refractivity contribution >= 4 is 11.6 Å². The molecule has 0 aliphatic carbocycles. The van der Waals surface area contributed by atoms with Crippen LogP contribution in [0.2, 0.25) is 0 Å². The van der Waals surface area contributed by atoms with Crippen molar-refractivity contribution in [2.24, 2.45) is 0 Å². The number of rotatable bonds is 2. The summed E-state index contributed by atoms with van der Waals surface area (Å²) in [5, 5.41) is 0. The molecule has 1 amide bonds. The van der Waals surface area contributed by atoms with Crippen LogP contribution in [0, 0.1) is 0 Å². The third kappa shape index (κ3) is 2.79. The van der Waals surface area contributed by atoms with E-state index in [0.717, 1.165) is 11.4 Å². The molecule has 1 aromatic rings. The van der Waals surface area contributed by atoms with Crippen LogP contribution in [0.15, 0.2) is 18.3 Å².